The fraction of sp³-hybridized carbons (Fsp3) is 0.375. The molecular formula is C16H22N4S. The summed E-state index contributed by atoms with van der Waals surface area (Å²) in [5, 5.41) is 8.57. The summed E-state index contributed by atoms with van der Waals surface area (Å²) >= 11 is 5.47. The van der Waals surface area contributed by atoms with E-state index in [0.717, 1.165) is 17.4 Å². The van der Waals surface area contributed by atoms with E-state index in [9.17, 15) is 0 Å². The summed E-state index contributed by atoms with van der Waals surface area (Å²) < 4.78 is 1.92. The highest BCUT2D eigenvalue weighted by Gasteiger charge is 2.11. The van der Waals surface area contributed by atoms with Crippen LogP contribution in [0.15, 0.2) is 42.6 Å². The third-order valence-corrected chi connectivity index (χ3v) is 3.83. The number of benzene rings is 1. The molecule has 2 rings (SSSR count). The van der Waals surface area contributed by atoms with Gasteiger partial charge in [0.15, 0.2) is 5.11 Å². The molecule has 0 radical (unpaired) electrons. The molecule has 0 aliphatic rings. The molecule has 0 bridgehead atoms. The normalized spacial score (nSPS) is 12.0. The van der Waals surface area contributed by atoms with Gasteiger partial charge in [-0.05, 0) is 37.7 Å². The molecule has 2 aromatic rings. The van der Waals surface area contributed by atoms with Crippen LogP contribution in [0.5, 0.6) is 0 Å². The van der Waals surface area contributed by atoms with E-state index in [4.69, 9.17) is 12.2 Å². The molecule has 1 unspecified atom stereocenters. The molecule has 21 heavy (non-hydrogen) atoms. The molecule has 0 aliphatic carbocycles. The largest absolute Gasteiger partial charge is 0.356 e. The van der Waals surface area contributed by atoms with Gasteiger partial charge in [-0.1, -0.05) is 30.3 Å². The van der Waals surface area contributed by atoms with Crippen molar-refractivity contribution in [3.8, 4) is 0 Å². The first kappa shape index (κ1) is 15.5. The van der Waals surface area contributed by atoms with Gasteiger partial charge in [0, 0.05) is 19.8 Å². The van der Waals surface area contributed by atoms with Crippen molar-refractivity contribution in [1.29, 1.82) is 0 Å². The lowest BCUT2D eigenvalue weighted by Crippen LogP contribution is -2.38. The second-order valence-corrected chi connectivity index (χ2v) is 5.49. The monoisotopic (exact) mass is 302 g/mol. The topological polar surface area (TPSA) is 33.1 Å². The highest BCUT2D eigenvalue weighted by atomic mass is 32.1. The Morgan fingerprint density at radius 3 is 2.67 bits per heavy atom. The minimum absolute atomic E-state index is 0.189. The lowest BCUT2D eigenvalue weighted by Gasteiger charge is -2.23. The van der Waals surface area contributed by atoms with Crippen molar-refractivity contribution in [2.75, 3.05) is 7.05 Å². The lowest BCUT2D eigenvalue weighted by molar-refractivity contribution is 0.466. The van der Waals surface area contributed by atoms with E-state index in [2.05, 4.69) is 36.4 Å². The van der Waals surface area contributed by atoms with Crippen molar-refractivity contribution in [3.05, 3.63) is 53.9 Å². The SMILES string of the molecule is CCn1ccc(CN(C)C(=S)NC(C)c2ccccc2)n1. The molecular weight excluding hydrogens is 280 g/mol. The van der Waals surface area contributed by atoms with E-state index in [1.54, 1.807) is 0 Å². The summed E-state index contributed by atoms with van der Waals surface area (Å²) in [4.78, 5) is 2.01. The fourth-order valence-electron chi connectivity index (χ4n) is 2.10. The third kappa shape index (κ3) is 4.29. The average molecular weight is 302 g/mol. The Bertz CT molecular complexity index is 579. The smallest absolute Gasteiger partial charge is 0.169 e. The summed E-state index contributed by atoms with van der Waals surface area (Å²) in [5.41, 5.74) is 2.25. The van der Waals surface area contributed by atoms with Gasteiger partial charge >= 0.3 is 0 Å². The summed E-state index contributed by atoms with van der Waals surface area (Å²) in [7, 11) is 1.98. The predicted molar refractivity (Wildman–Crippen MR) is 90.0 cm³/mol. The van der Waals surface area contributed by atoms with Crippen LogP contribution in [0.2, 0.25) is 0 Å². The van der Waals surface area contributed by atoms with E-state index in [0.29, 0.717) is 6.54 Å². The first-order valence-corrected chi connectivity index (χ1v) is 7.60. The Morgan fingerprint density at radius 1 is 1.33 bits per heavy atom. The standard InChI is InChI=1S/C16H22N4S/c1-4-20-11-10-15(18-20)12-19(3)16(21)17-13(2)14-8-6-5-7-9-14/h5-11,13H,4,12H2,1-3H3,(H,17,21). The first-order chi connectivity index (χ1) is 10.1. The van der Waals surface area contributed by atoms with Crippen molar-refractivity contribution in [3.63, 3.8) is 0 Å². The van der Waals surface area contributed by atoms with E-state index in [1.165, 1.54) is 5.56 Å². The van der Waals surface area contributed by atoms with Crippen LogP contribution >= 0.6 is 12.2 Å². The van der Waals surface area contributed by atoms with Gasteiger partial charge in [0.2, 0.25) is 0 Å². The predicted octanol–water partition coefficient (Wildman–Crippen LogP) is 2.97. The molecule has 0 saturated carbocycles. The van der Waals surface area contributed by atoms with Gasteiger partial charge in [0.25, 0.3) is 0 Å². The Morgan fingerprint density at radius 2 is 2.05 bits per heavy atom. The highest BCUT2D eigenvalue weighted by molar-refractivity contribution is 7.80. The van der Waals surface area contributed by atoms with Gasteiger partial charge in [0.1, 0.15) is 0 Å². The molecule has 1 N–H and O–H groups in total. The third-order valence-electron chi connectivity index (χ3n) is 3.41. The fourth-order valence-corrected chi connectivity index (χ4v) is 2.34. The molecule has 0 saturated heterocycles. The van der Waals surface area contributed by atoms with Gasteiger partial charge in [-0.3, -0.25) is 4.68 Å². The molecule has 0 amide bonds. The number of aryl methyl sites for hydroxylation is 1. The van der Waals surface area contributed by atoms with Gasteiger partial charge in [-0.2, -0.15) is 5.10 Å². The lowest BCUT2D eigenvalue weighted by atomic mass is 10.1. The summed E-state index contributed by atoms with van der Waals surface area (Å²) in [6.07, 6.45) is 1.99. The molecule has 0 spiro atoms. The van der Waals surface area contributed by atoms with Crippen LogP contribution in [0.25, 0.3) is 0 Å². The Balaban J connectivity index is 1.90. The number of thiocarbonyl (C=S) groups is 1. The zero-order chi connectivity index (χ0) is 15.2. The molecule has 4 nitrogen and oxygen atoms in total. The maximum Gasteiger partial charge on any atom is 0.169 e. The van der Waals surface area contributed by atoms with Gasteiger partial charge in [-0.15, -0.1) is 0 Å². The van der Waals surface area contributed by atoms with Gasteiger partial charge < -0.3 is 10.2 Å². The maximum absolute atomic E-state index is 5.47. The van der Waals surface area contributed by atoms with Crippen LogP contribution in [-0.2, 0) is 13.1 Å². The summed E-state index contributed by atoms with van der Waals surface area (Å²) in [6, 6.07) is 12.5. The van der Waals surface area contributed by atoms with Crippen LogP contribution in [0.3, 0.4) is 0 Å². The number of nitrogens with one attached hydrogen (secondary N) is 1. The van der Waals surface area contributed by atoms with Crippen molar-refractivity contribution in [2.45, 2.75) is 33.0 Å². The second kappa shape index (κ2) is 7.22. The second-order valence-electron chi connectivity index (χ2n) is 5.10. The molecule has 1 aromatic carbocycles. The van der Waals surface area contributed by atoms with Crippen LogP contribution in [0, 0.1) is 0 Å². The maximum atomic E-state index is 5.47. The summed E-state index contributed by atoms with van der Waals surface area (Å²) in [5.74, 6) is 0. The molecule has 1 aromatic heterocycles. The van der Waals surface area contributed by atoms with E-state index in [-0.39, 0.29) is 6.04 Å². The van der Waals surface area contributed by atoms with Crippen LogP contribution in [0.4, 0.5) is 0 Å². The van der Waals surface area contributed by atoms with Crippen molar-refractivity contribution in [2.24, 2.45) is 0 Å². The first-order valence-electron chi connectivity index (χ1n) is 7.19. The average Bonchev–Trinajstić information content (AvgIpc) is 2.95. The Kier molecular flexibility index (Phi) is 5.33. The summed E-state index contributed by atoms with van der Waals surface area (Å²) in [6.45, 7) is 5.79. The van der Waals surface area contributed by atoms with Gasteiger partial charge in [-0.25, -0.2) is 0 Å². The number of rotatable bonds is 5. The minimum Gasteiger partial charge on any atom is -0.356 e. The molecule has 0 fully saturated rings. The highest BCUT2D eigenvalue weighted by Crippen LogP contribution is 2.12. The number of hydrogen-bond acceptors (Lipinski definition) is 2. The van der Waals surface area contributed by atoms with Gasteiger partial charge in [0.05, 0.1) is 18.3 Å². The molecule has 0 aliphatic heterocycles. The van der Waals surface area contributed by atoms with Crippen LogP contribution in [-0.4, -0.2) is 26.8 Å². The van der Waals surface area contributed by atoms with Crippen molar-refractivity contribution in [1.82, 2.24) is 20.0 Å². The van der Waals surface area contributed by atoms with Crippen molar-refractivity contribution >= 4 is 17.3 Å². The minimum atomic E-state index is 0.189. The van der Waals surface area contributed by atoms with E-state index in [1.807, 2.05) is 47.1 Å². The molecule has 5 heteroatoms. The zero-order valence-electron chi connectivity index (χ0n) is 12.8. The Labute approximate surface area is 131 Å². The molecule has 1 atom stereocenters. The van der Waals surface area contributed by atoms with Crippen molar-refractivity contribution < 1.29 is 0 Å². The number of aromatic nitrogens is 2. The quantitative estimate of drug-likeness (QED) is 0.861. The Hall–Kier alpha value is -1.88. The van der Waals surface area contributed by atoms with E-state index < -0.39 is 0 Å². The van der Waals surface area contributed by atoms with Crippen LogP contribution < -0.4 is 5.32 Å². The zero-order valence-corrected chi connectivity index (χ0v) is 13.6. The number of nitrogens with zero attached hydrogens (tertiary/aromatic N) is 3. The van der Waals surface area contributed by atoms with E-state index >= 15 is 0 Å². The molecule has 112 valence electrons. The number of hydrogen-bond donors (Lipinski definition) is 1. The molecule has 1 heterocycles. The van der Waals surface area contributed by atoms with Crippen LogP contribution in [0.1, 0.15) is 31.1 Å².